The molecular formula is C22H21N5O2S2. The first-order chi connectivity index (χ1) is 14.9. The molecule has 0 fully saturated rings. The van der Waals surface area contributed by atoms with E-state index in [1.807, 2.05) is 19.1 Å². The number of hydrogen-bond donors (Lipinski definition) is 2. The van der Waals surface area contributed by atoms with Crippen LogP contribution in [0.4, 0.5) is 11.5 Å². The highest BCUT2D eigenvalue weighted by molar-refractivity contribution is 7.89. The number of benzene rings is 2. The number of rotatable bonds is 7. The lowest BCUT2D eigenvalue weighted by Gasteiger charge is -2.09. The molecule has 4 aromatic rings. The molecule has 0 unspecified atom stereocenters. The second-order valence-corrected chi connectivity index (χ2v) is 9.83. The summed E-state index contributed by atoms with van der Waals surface area (Å²) in [5, 5.41) is 6.25. The largest absolute Gasteiger partial charge is 0.340 e. The molecule has 0 aliphatic rings. The van der Waals surface area contributed by atoms with Crippen LogP contribution >= 0.6 is 11.3 Å². The molecule has 0 saturated carbocycles. The van der Waals surface area contributed by atoms with Crippen LogP contribution in [0.5, 0.6) is 0 Å². The van der Waals surface area contributed by atoms with Gasteiger partial charge in [-0.15, -0.1) is 11.3 Å². The third-order valence-electron chi connectivity index (χ3n) is 4.64. The summed E-state index contributed by atoms with van der Waals surface area (Å²) in [6, 6.07) is 16.7. The minimum Gasteiger partial charge on any atom is -0.340 e. The van der Waals surface area contributed by atoms with Crippen LogP contribution in [0, 0.1) is 6.92 Å². The van der Waals surface area contributed by atoms with Gasteiger partial charge in [0.2, 0.25) is 10.0 Å². The standard InChI is InChI=1S/C22H21N5O2S2/c1-15-26-21(13-30-15)17-6-3-5-16(9-17)10-19-12-22(25-14-24-19)27-18-7-4-8-20(11-18)31(28,29)23-2/h3-9,11-14,23H,10H2,1-2H3,(H,24,25,27). The van der Waals surface area contributed by atoms with E-state index in [-0.39, 0.29) is 4.90 Å². The summed E-state index contributed by atoms with van der Waals surface area (Å²) < 4.78 is 26.4. The van der Waals surface area contributed by atoms with Crippen molar-refractivity contribution in [3.8, 4) is 11.3 Å². The summed E-state index contributed by atoms with van der Waals surface area (Å²) in [5.41, 5.74) is 4.66. The Bertz CT molecular complexity index is 1320. The monoisotopic (exact) mass is 451 g/mol. The van der Waals surface area contributed by atoms with Gasteiger partial charge in [0.1, 0.15) is 12.1 Å². The van der Waals surface area contributed by atoms with Crippen molar-refractivity contribution in [2.24, 2.45) is 0 Å². The van der Waals surface area contributed by atoms with Crippen molar-refractivity contribution in [1.29, 1.82) is 0 Å². The second-order valence-electron chi connectivity index (χ2n) is 6.88. The van der Waals surface area contributed by atoms with Gasteiger partial charge in [0.05, 0.1) is 21.3 Å². The van der Waals surface area contributed by atoms with E-state index in [0.29, 0.717) is 17.9 Å². The molecule has 31 heavy (non-hydrogen) atoms. The molecule has 0 radical (unpaired) electrons. The van der Waals surface area contributed by atoms with Crippen molar-refractivity contribution in [2.75, 3.05) is 12.4 Å². The molecule has 2 aromatic heterocycles. The molecular weight excluding hydrogens is 430 g/mol. The van der Waals surface area contributed by atoms with E-state index in [0.717, 1.165) is 27.5 Å². The average Bonchev–Trinajstić information content (AvgIpc) is 3.21. The summed E-state index contributed by atoms with van der Waals surface area (Å²) >= 11 is 1.63. The van der Waals surface area contributed by atoms with Crippen LogP contribution in [0.3, 0.4) is 0 Å². The fourth-order valence-electron chi connectivity index (χ4n) is 3.12. The summed E-state index contributed by atoms with van der Waals surface area (Å²) in [5.74, 6) is 0.593. The third kappa shape index (κ3) is 5.13. The van der Waals surface area contributed by atoms with E-state index in [9.17, 15) is 8.42 Å². The number of anilines is 2. The molecule has 2 N–H and O–H groups in total. The van der Waals surface area contributed by atoms with Crippen LogP contribution in [0.15, 0.2) is 71.2 Å². The number of sulfonamides is 1. The van der Waals surface area contributed by atoms with E-state index >= 15 is 0 Å². The highest BCUT2D eigenvalue weighted by atomic mass is 32.2. The number of nitrogens with zero attached hydrogens (tertiary/aromatic N) is 3. The van der Waals surface area contributed by atoms with Crippen molar-refractivity contribution in [1.82, 2.24) is 19.7 Å². The van der Waals surface area contributed by atoms with Crippen LogP contribution in [0.25, 0.3) is 11.3 Å². The lowest BCUT2D eigenvalue weighted by Crippen LogP contribution is -2.18. The van der Waals surface area contributed by atoms with Crippen LogP contribution in [0.1, 0.15) is 16.3 Å². The van der Waals surface area contributed by atoms with Gasteiger partial charge in [0.15, 0.2) is 0 Å². The van der Waals surface area contributed by atoms with Gasteiger partial charge in [-0.25, -0.2) is 28.1 Å². The summed E-state index contributed by atoms with van der Waals surface area (Å²) in [6.45, 7) is 2.00. The molecule has 2 aromatic carbocycles. The zero-order valence-electron chi connectivity index (χ0n) is 17.0. The summed E-state index contributed by atoms with van der Waals surface area (Å²) in [6.07, 6.45) is 2.14. The van der Waals surface area contributed by atoms with Crippen LogP contribution in [-0.2, 0) is 16.4 Å². The van der Waals surface area contributed by atoms with E-state index in [4.69, 9.17) is 0 Å². The maximum Gasteiger partial charge on any atom is 0.240 e. The fraction of sp³-hybridized carbons (Fsp3) is 0.136. The SMILES string of the molecule is CNS(=O)(=O)c1cccc(Nc2cc(Cc3cccc(-c4csc(C)n4)c3)ncn2)c1. The Hall–Kier alpha value is -3.14. The average molecular weight is 452 g/mol. The van der Waals surface area contributed by atoms with Crippen molar-refractivity contribution in [3.63, 3.8) is 0 Å². The number of thiazole rings is 1. The molecule has 0 atom stereocenters. The van der Waals surface area contributed by atoms with Gasteiger partial charge in [-0.3, -0.25) is 0 Å². The Kier molecular flexibility index (Phi) is 6.08. The molecule has 0 saturated heterocycles. The number of nitrogens with one attached hydrogen (secondary N) is 2. The first-order valence-corrected chi connectivity index (χ1v) is 11.9. The lowest BCUT2D eigenvalue weighted by atomic mass is 10.0. The maximum atomic E-state index is 12.0. The molecule has 0 spiro atoms. The highest BCUT2D eigenvalue weighted by Crippen LogP contribution is 2.24. The molecule has 2 heterocycles. The Morgan fingerprint density at radius 3 is 2.65 bits per heavy atom. The van der Waals surface area contributed by atoms with Gasteiger partial charge in [-0.05, 0) is 43.8 Å². The number of hydrogen-bond acceptors (Lipinski definition) is 7. The molecule has 0 aliphatic carbocycles. The van der Waals surface area contributed by atoms with Crippen LogP contribution < -0.4 is 10.0 Å². The molecule has 0 aliphatic heterocycles. The second kappa shape index (κ2) is 8.93. The van der Waals surface area contributed by atoms with Gasteiger partial charge in [-0.2, -0.15) is 0 Å². The number of aromatic nitrogens is 3. The first-order valence-electron chi connectivity index (χ1n) is 9.56. The van der Waals surface area contributed by atoms with Gasteiger partial charge in [-0.1, -0.05) is 24.3 Å². The summed E-state index contributed by atoms with van der Waals surface area (Å²) in [4.78, 5) is 13.4. The normalized spacial score (nSPS) is 11.4. The van der Waals surface area contributed by atoms with Crippen LogP contribution in [-0.4, -0.2) is 30.4 Å². The zero-order chi connectivity index (χ0) is 21.8. The first kappa shape index (κ1) is 21.1. The molecule has 9 heteroatoms. The van der Waals surface area contributed by atoms with Gasteiger partial charge < -0.3 is 5.32 Å². The zero-order valence-corrected chi connectivity index (χ0v) is 18.7. The Balaban J connectivity index is 1.53. The minimum atomic E-state index is -3.51. The Labute approximate surface area is 185 Å². The predicted molar refractivity (Wildman–Crippen MR) is 123 cm³/mol. The quantitative estimate of drug-likeness (QED) is 0.438. The van der Waals surface area contributed by atoms with E-state index in [2.05, 4.69) is 48.6 Å². The van der Waals surface area contributed by atoms with E-state index in [1.54, 1.807) is 35.6 Å². The van der Waals surface area contributed by atoms with E-state index < -0.39 is 10.0 Å². The summed E-state index contributed by atoms with van der Waals surface area (Å²) in [7, 11) is -2.13. The van der Waals surface area contributed by atoms with Crippen molar-refractivity contribution in [3.05, 3.63) is 82.6 Å². The molecule has 158 valence electrons. The molecule has 7 nitrogen and oxygen atoms in total. The van der Waals surface area contributed by atoms with Crippen molar-refractivity contribution in [2.45, 2.75) is 18.2 Å². The third-order valence-corrected chi connectivity index (χ3v) is 6.82. The van der Waals surface area contributed by atoms with Crippen LogP contribution in [0.2, 0.25) is 0 Å². The highest BCUT2D eigenvalue weighted by Gasteiger charge is 2.12. The van der Waals surface area contributed by atoms with Gasteiger partial charge >= 0.3 is 0 Å². The van der Waals surface area contributed by atoms with E-state index in [1.165, 1.54) is 13.4 Å². The molecule has 0 bridgehead atoms. The Morgan fingerprint density at radius 2 is 1.87 bits per heavy atom. The predicted octanol–water partition coefficient (Wildman–Crippen LogP) is 4.15. The lowest BCUT2D eigenvalue weighted by molar-refractivity contribution is 0.588. The molecule has 0 amide bonds. The fourth-order valence-corrected chi connectivity index (χ4v) is 4.51. The maximum absolute atomic E-state index is 12.0. The Morgan fingerprint density at radius 1 is 1.03 bits per heavy atom. The smallest absolute Gasteiger partial charge is 0.240 e. The van der Waals surface area contributed by atoms with Gasteiger partial charge in [0.25, 0.3) is 0 Å². The van der Waals surface area contributed by atoms with Gasteiger partial charge in [0, 0.05) is 29.1 Å². The van der Waals surface area contributed by atoms with Crippen molar-refractivity contribution < 1.29 is 8.42 Å². The number of aryl methyl sites for hydroxylation is 1. The molecule has 4 rings (SSSR count). The topological polar surface area (TPSA) is 96.9 Å². The van der Waals surface area contributed by atoms with Crippen molar-refractivity contribution >= 4 is 32.9 Å². The minimum absolute atomic E-state index is 0.184.